The number of halogens is 1. The summed E-state index contributed by atoms with van der Waals surface area (Å²) in [5, 5.41) is 0. The number of ether oxygens (including phenoxy) is 1. The molecule has 0 saturated heterocycles. The number of aromatic nitrogens is 1. The summed E-state index contributed by atoms with van der Waals surface area (Å²) in [5.74, 6) is 0.203. The van der Waals surface area contributed by atoms with Crippen LogP contribution in [-0.2, 0) is 23.2 Å². The number of hydrogen-bond donors (Lipinski definition) is 1. The molecule has 3 rings (SSSR count). The molecule has 1 heterocycles. The van der Waals surface area contributed by atoms with Crippen LogP contribution in [0.15, 0.2) is 71.8 Å². The van der Waals surface area contributed by atoms with Crippen LogP contribution in [0.5, 0.6) is 5.75 Å². The van der Waals surface area contributed by atoms with Crippen molar-refractivity contribution in [1.82, 2.24) is 9.71 Å². The van der Waals surface area contributed by atoms with Crippen molar-refractivity contribution in [1.29, 1.82) is 0 Å². The van der Waals surface area contributed by atoms with Crippen molar-refractivity contribution >= 4 is 10.0 Å². The predicted octanol–water partition coefficient (Wildman–Crippen LogP) is 3.59. The minimum Gasteiger partial charge on any atom is -0.487 e. The van der Waals surface area contributed by atoms with Gasteiger partial charge in [0.1, 0.15) is 18.2 Å². The number of sulfonamides is 1. The Balaban J connectivity index is 1.59. The van der Waals surface area contributed by atoms with Gasteiger partial charge in [0.05, 0.1) is 10.6 Å². The lowest BCUT2D eigenvalue weighted by molar-refractivity contribution is 0.301. The molecule has 7 heteroatoms. The van der Waals surface area contributed by atoms with Gasteiger partial charge in [0.2, 0.25) is 10.0 Å². The smallest absolute Gasteiger partial charge is 0.241 e. The summed E-state index contributed by atoms with van der Waals surface area (Å²) in [6.45, 7) is 2.04. The van der Waals surface area contributed by atoms with Crippen molar-refractivity contribution in [2.45, 2.75) is 25.0 Å². The Morgan fingerprint density at radius 1 is 1.07 bits per heavy atom. The predicted molar refractivity (Wildman–Crippen MR) is 100 cm³/mol. The van der Waals surface area contributed by atoms with Crippen LogP contribution >= 0.6 is 0 Å². The van der Waals surface area contributed by atoms with Crippen molar-refractivity contribution in [3.8, 4) is 5.75 Å². The number of rotatable bonds is 7. The van der Waals surface area contributed by atoms with Gasteiger partial charge in [-0.05, 0) is 60.5 Å². The van der Waals surface area contributed by atoms with Crippen LogP contribution in [0.2, 0.25) is 0 Å². The Bertz CT molecular complexity index is 1010. The first-order valence-corrected chi connectivity index (χ1v) is 9.80. The van der Waals surface area contributed by atoms with Crippen LogP contribution in [0.3, 0.4) is 0 Å². The zero-order valence-electron chi connectivity index (χ0n) is 14.7. The van der Waals surface area contributed by atoms with E-state index < -0.39 is 15.8 Å². The van der Waals surface area contributed by atoms with Crippen LogP contribution < -0.4 is 9.46 Å². The van der Waals surface area contributed by atoms with Crippen molar-refractivity contribution in [2.75, 3.05) is 0 Å². The molecule has 0 radical (unpaired) electrons. The standard InChI is InChI=1S/C20H19FN2O3S/c1-15-12-17(21)7-10-20(15)27(24,25)23-13-16-5-8-19(9-6-16)26-14-18-4-2-3-11-22-18/h2-12,23H,13-14H2,1H3. The Morgan fingerprint density at radius 3 is 2.52 bits per heavy atom. The average molecular weight is 386 g/mol. The number of aryl methyl sites for hydroxylation is 1. The van der Waals surface area contributed by atoms with Gasteiger partial charge in [0.15, 0.2) is 0 Å². The highest BCUT2D eigenvalue weighted by Gasteiger charge is 2.16. The van der Waals surface area contributed by atoms with E-state index >= 15 is 0 Å². The molecule has 1 aromatic heterocycles. The number of pyridine rings is 1. The van der Waals surface area contributed by atoms with E-state index in [1.807, 2.05) is 18.2 Å². The van der Waals surface area contributed by atoms with E-state index in [0.29, 0.717) is 17.9 Å². The maximum Gasteiger partial charge on any atom is 0.241 e. The third-order valence-electron chi connectivity index (χ3n) is 3.93. The van der Waals surface area contributed by atoms with Crippen molar-refractivity contribution in [3.63, 3.8) is 0 Å². The van der Waals surface area contributed by atoms with Crippen molar-refractivity contribution < 1.29 is 17.5 Å². The molecule has 140 valence electrons. The second-order valence-electron chi connectivity index (χ2n) is 5.99. The maximum absolute atomic E-state index is 13.2. The topological polar surface area (TPSA) is 68.3 Å². The fourth-order valence-corrected chi connectivity index (χ4v) is 3.76. The highest BCUT2D eigenvalue weighted by atomic mass is 32.2. The van der Waals surface area contributed by atoms with Gasteiger partial charge in [0.25, 0.3) is 0 Å². The zero-order valence-corrected chi connectivity index (χ0v) is 15.5. The monoisotopic (exact) mass is 386 g/mol. The summed E-state index contributed by atoms with van der Waals surface area (Å²) in [5.41, 5.74) is 1.97. The molecule has 27 heavy (non-hydrogen) atoms. The van der Waals surface area contributed by atoms with E-state index in [4.69, 9.17) is 4.74 Å². The maximum atomic E-state index is 13.2. The fraction of sp³-hybridized carbons (Fsp3) is 0.150. The minimum atomic E-state index is -3.72. The highest BCUT2D eigenvalue weighted by Crippen LogP contribution is 2.17. The first-order valence-electron chi connectivity index (χ1n) is 8.31. The van der Waals surface area contributed by atoms with Gasteiger partial charge in [-0.2, -0.15) is 0 Å². The molecule has 0 aliphatic carbocycles. The molecule has 2 aromatic carbocycles. The molecular weight excluding hydrogens is 367 g/mol. The quantitative estimate of drug-likeness (QED) is 0.674. The van der Waals surface area contributed by atoms with E-state index in [1.165, 1.54) is 12.1 Å². The van der Waals surface area contributed by atoms with E-state index in [0.717, 1.165) is 17.3 Å². The lowest BCUT2D eigenvalue weighted by Crippen LogP contribution is -2.24. The van der Waals surface area contributed by atoms with Crippen LogP contribution in [0.1, 0.15) is 16.8 Å². The van der Waals surface area contributed by atoms with Crippen LogP contribution in [0.4, 0.5) is 4.39 Å². The van der Waals surface area contributed by atoms with Crippen LogP contribution in [0.25, 0.3) is 0 Å². The second-order valence-corrected chi connectivity index (χ2v) is 7.72. The normalized spacial score (nSPS) is 11.3. The lowest BCUT2D eigenvalue weighted by atomic mass is 10.2. The Hall–Kier alpha value is -2.77. The van der Waals surface area contributed by atoms with E-state index in [2.05, 4.69) is 9.71 Å². The van der Waals surface area contributed by atoms with Gasteiger partial charge in [-0.1, -0.05) is 18.2 Å². The summed E-state index contributed by atoms with van der Waals surface area (Å²) >= 11 is 0. The van der Waals surface area contributed by atoms with E-state index in [1.54, 1.807) is 37.4 Å². The average Bonchev–Trinajstić information content (AvgIpc) is 2.66. The van der Waals surface area contributed by atoms with Crippen molar-refractivity contribution in [3.05, 3.63) is 89.5 Å². The fourth-order valence-electron chi connectivity index (χ4n) is 2.51. The van der Waals surface area contributed by atoms with E-state index in [9.17, 15) is 12.8 Å². The summed E-state index contributed by atoms with van der Waals surface area (Å²) in [4.78, 5) is 4.25. The number of nitrogens with zero attached hydrogens (tertiary/aromatic N) is 1. The van der Waals surface area contributed by atoms with E-state index in [-0.39, 0.29) is 11.4 Å². The summed E-state index contributed by atoms with van der Waals surface area (Å²) in [7, 11) is -3.72. The number of hydrogen-bond acceptors (Lipinski definition) is 4. The van der Waals surface area contributed by atoms with Gasteiger partial charge in [0, 0.05) is 12.7 Å². The van der Waals surface area contributed by atoms with Gasteiger partial charge < -0.3 is 4.74 Å². The van der Waals surface area contributed by atoms with Gasteiger partial charge >= 0.3 is 0 Å². The Kier molecular flexibility index (Phi) is 5.83. The molecule has 0 saturated carbocycles. The van der Waals surface area contributed by atoms with Gasteiger partial charge in [-0.3, -0.25) is 4.98 Å². The molecule has 5 nitrogen and oxygen atoms in total. The van der Waals surface area contributed by atoms with Gasteiger partial charge in [-0.25, -0.2) is 17.5 Å². The SMILES string of the molecule is Cc1cc(F)ccc1S(=O)(=O)NCc1ccc(OCc2ccccn2)cc1. The second kappa shape index (κ2) is 8.28. The first-order chi connectivity index (χ1) is 12.9. The van der Waals surface area contributed by atoms with Gasteiger partial charge in [-0.15, -0.1) is 0 Å². The summed E-state index contributed by atoms with van der Waals surface area (Å²) < 4.78 is 46.1. The molecule has 0 bridgehead atoms. The molecule has 1 N–H and O–H groups in total. The third-order valence-corrected chi connectivity index (χ3v) is 5.49. The molecule has 0 amide bonds. The molecule has 0 atom stereocenters. The number of nitrogens with one attached hydrogen (secondary N) is 1. The molecule has 0 fully saturated rings. The largest absolute Gasteiger partial charge is 0.487 e. The van der Waals surface area contributed by atoms with Crippen LogP contribution in [-0.4, -0.2) is 13.4 Å². The third kappa shape index (κ3) is 5.12. The highest BCUT2D eigenvalue weighted by molar-refractivity contribution is 7.89. The minimum absolute atomic E-state index is 0.0687. The van der Waals surface area contributed by atoms with Crippen LogP contribution in [0, 0.1) is 12.7 Å². The summed E-state index contributed by atoms with van der Waals surface area (Å²) in [6, 6.07) is 16.3. The van der Waals surface area contributed by atoms with Crippen molar-refractivity contribution in [2.24, 2.45) is 0 Å². The molecule has 0 aliphatic rings. The molecule has 0 spiro atoms. The molecule has 0 unspecified atom stereocenters. The summed E-state index contributed by atoms with van der Waals surface area (Å²) in [6.07, 6.45) is 1.71. The zero-order chi connectivity index (χ0) is 19.3. The molecule has 0 aliphatic heterocycles. The Morgan fingerprint density at radius 2 is 1.85 bits per heavy atom. The number of benzene rings is 2. The molecule has 3 aromatic rings. The molecular formula is C20H19FN2O3S. The Labute approximate surface area is 157 Å². The lowest BCUT2D eigenvalue weighted by Gasteiger charge is -2.10. The first kappa shape index (κ1) is 19.0.